The van der Waals surface area contributed by atoms with Crippen LogP contribution < -0.4 is 10.1 Å². The van der Waals surface area contributed by atoms with Crippen LogP contribution in [-0.2, 0) is 0 Å². The highest BCUT2D eigenvalue weighted by Gasteiger charge is 2.07. The van der Waals surface area contributed by atoms with Crippen LogP contribution in [0.15, 0.2) is 6.07 Å². The van der Waals surface area contributed by atoms with Gasteiger partial charge < -0.3 is 10.1 Å². The van der Waals surface area contributed by atoms with Crippen LogP contribution in [0.4, 0.5) is 5.95 Å². The van der Waals surface area contributed by atoms with Crippen LogP contribution in [0.2, 0.25) is 0 Å². The summed E-state index contributed by atoms with van der Waals surface area (Å²) in [6.07, 6.45) is 3.64. The molecule has 1 rings (SSSR count). The third kappa shape index (κ3) is 5.34. The first-order chi connectivity index (χ1) is 8.51. The highest BCUT2D eigenvalue weighted by Crippen LogP contribution is 2.14. The van der Waals surface area contributed by atoms with Crippen LogP contribution >= 0.6 is 0 Å². The van der Waals surface area contributed by atoms with Gasteiger partial charge in [-0.15, -0.1) is 0 Å². The van der Waals surface area contributed by atoms with Crippen molar-refractivity contribution >= 4 is 5.95 Å². The Kier molecular flexibility index (Phi) is 5.89. The summed E-state index contributed by atoms with van der Waals surface area (Å²) in [5, 5.41) is 3.33. The van der Waals surface area contributed by atoms with Crippen molar-refractivity contribution in [2.45, 2.75) is 53.0 Å². The summed E-state index contributed by atoms with van der Waals surface area (Å²) in [6, 6.07) is 2.21. The standard InChI is InChI=1S/C14H25N3O/c1-10(2)7-6-8-11(3)15-14-16-12(4)9-13(17-14)18-5/h9-11H,6-8H2,1-5H3,(H,15,16,17). The van der Waals surface area contributed by atoms with E-state index < -0.39 is 0 Å². The molecule has 0 aliphatic carbocycles. The van der Waals surface area contributed by atoms with Gasteiger partial charge >= 0.3 is 0 Å². The minimum atomic E-state index is 0.384. The fourth-order valence-electron chi connectivity index (χ4n) is 1.83. The molecule has 0 aromatic carbocycles. The first-order valence-corrected chi connectivity index (χ1v) is 6.67. The fraction of sp³-hybridized carbons (Fsp3) is 0.714. The minimum absolute atomic E-state index is 0.384. The third-order valence-electron chi connectivity index (χ3n) is 2.83. The Bertz CT molecular complexity index is 366. The lowest BCUT2D eigenvalue weighted by Gasteiger charge is -2.15. The molecule has 0 aliphatic heterocycles. The van der Waals surface area contributed by atoms with Gasteiger partial charge in [-0.2, -0.15) is 4.98 Å². The lowest BCUT2D eigenvalue weighted by molar-refractivity contribution is 0.396. The monoisotopic (exact) mass is 251 g/mol. The molecule has 0 saturated carbocycles. The van der Waals surface area contributed by atoms with Gasteiger partial charge in [0.1, 0.15) is 0 Å². The predicted octanol–water partition coefficient (Wildman–Crippen LogP) is 3.42. The zero-order valence-electron chi connectivity index (χ0n) is 12.2. The lowest BCUT2D eigenvalue weighted by Crippen LogP contribution is -2.17. The molecule has 1 atom stereocenters. The van der Waals surface area contributed by atoms with Crippen molar-refractivity contribution in [2.24, 2.45) is 5.92 Å². The van der Waals surface area contributed by atoms with E-state index in [0.29, 0.717) is 17.9 Å². The summed E-state index contributed by atoms with van der Waals surface area (Å²) in [5.74, 6) is 2.04. The maximum atomic E-state index is 5.14. The Morgan fingerprint density at radius 3 is 2.56 bits per heavy atom. The molecule has 102 valence electrons. The number of nitrogens with one attached hydrogen (secondary N) is 1. The van der Waals surface area contributed by atoms with E-state index in [-0.39, 0.29) is 0 Å². The second kappa shape index (κ2) is 7.19. The fourth-order valence-corrected chi connectivity index (χ4v) is 1.83. The van der Waals surface area contributed by atoms with Gasteiger partial charge in [0.25, 0.3) is 0 Å². The molecule has 1 aromatic heterocycles. The number of aryl methyl sites for hydroxylation is 1. The summed E-state index contributed by atoms with van der Waals surface area (Å²) in [5.41, 5.74) is 0.915. The van der Waals surface area contributed by atoms with E-state index in [1.54, 1.807) is 7.11 Å². The minimum Gasteiger partial charge on any atom is -0.481 e. The Morgan fingerprint density at radius 2 is 1.94 bits per heavy atom. The van der Waals surface area contributed by atoms with E-state index in [0.717, 1.165) is 18.0 Å². The Hall–Kier alpha value is -1.32. The number of hydrogen-bond donors (Lipinski definition) is 1. The molecule has 0 fully saturated rings. The van der Waals surface area contributed by atoms with Crippen molar-refractivity contribution in [2.75, 3.05) is 12.4 Å². The van der Waals surface area contributed by atoms with Crippen molar-refractivity contribution < 1.29 is 4.74 Å². The summed E-state index contributed by atoms with van der Waals surface area (Å²) in [6.45, 7) is 8.62. The molecule has 0 saturated heterocycles. The molecule has 0 radical (unpaired) electrons. The van der Waals surface area contributed by atoms with Crippen molar-refractivity contribution in [3.8, 4) is 5.88 Å². The predicted molar refractivity (Wildman–Crippen MR) is 75.1 cm³/mol. The van der Waals surface area contributed by atoms with Gasteiger partial charge in [0.15, 0.2) is 0 Å². The number of nitrogens with zero attached hydrogens (tertiary/aromatic N) is 2. The number of methoxy groups -OCH3 is 1. The molecule has 1 unspecified atom stereocenters. The summed E-state index contributed by atoms with van der Waals surface area (Å²) >= 11 is 0. The molecule has 18 heavy (non-hydrogen) atoms. The van der Waals surface area contributed by atoms with Crippen LogP contribution in [0.1, 0.15) is 45.7 Å². The molecule has 0 bridgehead atoms. The average Bonchev–Trinajstić information content (AvgIpc) is 2.27. The SMILES string of the molecule is COc1cc(C)nc(NC(C)CCCC(C)C)n1. The normalized spacial score (nSPS) is 12.6. The Balaban J connectivity index is 2.48. The van der Waals surface area contributed by atoms with Crippen LogP contribution in [-0.4, -0.2) is 23.1 Å². The number of anilines is 1. The molecular formula is C14H25N3O. The molecular weight excluding hydrogens is 226 g/mol. The van der Waals surface area contributed by atoms with Gasteiger partial charge in [0.2, 0.25) is 11.8 Å². The summed E-state index contributed by atoms with van der Waals surface area (Å²) < 4.78 is 5.14. The number of hydrogen-bond acceptors (Lipinski definition) is 4. The molecule has 1 aromatic rings. The third-order valence-corrected chi connectivity index (χ3v) is 2.83. The van der Waals surface area contributed by atoms with Crippen molar-refractivity contribution in [3.05, 3.63) is 11.8 Å². The second-order valence-electron chi connectivity index (χ2n) is 5.25. The Morgan fingerprint density at radius 1 is 1.22 bits per heavy atom. The van der Waals surface area contributed by atoms with Gasteiger partial charge in [-0.1, -0.05) is 26.7 Å². The van der Waals surface area contributed by atoms with Crippen LogP contribution in [0.25, 0.3) is 0 Å². The smallest absolute Gasteiger partial charge is 0.226 e. The zero-order chi connectivity index (χ0) is 13.5. The van der Waals surface area contributed by atoms with Gasteiger partial charge in [-0.25, -0.2) is 4.98 Å². The molecule has 1 N–H and O–H groups in total. The molecule has 4 nitrogen and oxygen atoms in total. The largest absolute Gasteiger partial charge is 0.481 e. The van der Waals surface area contributed by atoms with Crippen molar-refractivity contribution in [1.29, 1.82) is 0 Å². The molecule has 4 heteroatoms. The quantitative estimate of drug-likeness (QED) is 0.806. The summed E-state index contributed by atoms with van der Waals surface area (Å²) in [4.78, 5) is 8.65. The molecule has 0 amide bonds. The van der Waals surface area contributed by atoms with E-state index in [2.05, 4.69) is 36.1 Å². The van der Waals surface area contributed by atoms with E-state index in [4.69, 9.17) is 4.74 Å². The molecule has 0 spiro atoms. The maximum absolute atomic E-state index is 5.14. The first-order valence-electron chi connectivity index (χ1n) is 6.67. The zero-order valence-corrected chi connectivity index (χ0v) is 12.2. The van der Waals surface area contributed by atoms with E-state index >= 15 is 0 Å². The average molecular weight is 251 g/mol. The van der Waals surface area contributed by atoms with Gasteiger partial charge in [-0.05, 0) is 26.2 Å². The van der Waals surface area contributed by atoms with Crippen molar-refractivity contribution in [3.63, 3.8) is 0 Å². The number of ether oxygens (including phenoxy) is 1. The van der Waals surface area contributed by atoms with Crippen LogP contribution in [0, 0.1) is 12.8 Å². The van der Waals surface area contributed by atoms with Crippen LogP contribution in [0.3, 0.4) is 0 Å². The topological polar surface area (TPSA) is 47.0 Å². The molecule has 0 aliphatic rings. The van der Waals surface area contributed by atoms with Gasteiger partial charge in [0.05, 0.1) is 7.11 Å². The van der Waals surface area contributed by atoms with Crippen LogP contribution in [0.5, 0.6) is 5.88 Å². The molecule has 1 heterocycles. The first kappa shape index (κ1) is 14.7. The Labute approximate surface area is 110 Å². The lowest BCUT2D eigenvalue weighted by atomic mass is 10.0. The second-order valence-corrected chi connectivity index (χ2v) is 5.25. The van der Waals surface area contributed by atoms with E-state index in [1.807, 2.05) is 13.0 Å². The maximum Gasteiger partial charge on any atom is 0.226 e. The summed E-state index contributed by atoms with van der Waals surface area (Å²) in [7, 11) is 1.62. The van der Waals surface area contributed by atoms with E-state index in [9.17, 15) is 0 Å². The van der Waals surface area contributed by atoms with Gasteiger partial charge in [-0.3, -0.25) is 0 Å². The van der Waals surface area contributed by atoms with Crippen molar-refractivity contribution in [1.82, 2.24) is 9.97 Å². The highest BCUT2D eigenvalue weighted by atomic mass is 16.5. The van der Waals surface area contributed by atoms with Gasteiger partial charge in [0, 0.05) is 17.8 Å². The number of aromatic nitrogens is 2. The van der Waals surface area contributed by atoms with E-state index in [1.165, 1.54) is 12.8 Å². The number of rotatable bonds is 7. The highest BCUT2D eigenvalue weighted by molar-refractivity contribution is 5.31.